The van der Waals surface area contributed by atoms with Crippen molar-refractivity contribution in [2.24, 2.45) is 0 Å². The first-order valence-corrected chi connectivity index (χ1v) is 9.09. The van der Waals surface area contributed by atoms with Crippen LogP contribution < -0.4 is 14.8 Å². The fourth-order valence-electron chi connectivity index (χ4n) is 3.50. The molecule has 3 heterocycles. The first kappa shape index (κ1) is 17.3. The SMILES string of the molecule is C[C@]1(c2ccc3c(c2)OCO3)NC(=O)N(Cc2ncc(-c3ccccc3)o2)C1=O. The van der Waals surface area contributed by atoms with Gasteiger partial charge in [0.2, 0.25) is 12.7 Å². The van der Waals surface area contributed by atoms with Crippen LogP contribution in [0.1, 0.15) is 18.4 Å². The molecule has 1 N–H and O–H groups in total. The predicted molar refractivity (Wildman–Crippen MR) is 101 cm³/mol. The molecule has 1 fully saturated rings. The minimum Gasteiger partial charge on any atom is -0.454 e. The molecule has 0 spiro atoms. The highest BCUT2D eigenvalue weighted by molar-refractivity contribution is 6.07. The Morgan fingerprint density at radius 1 is 1.10 bits per heavy atom. The number of benzene rings is 2. The second-order valence-corrected chi connectivity index (χ2v) is 7.00. The quantitative estimate of drug-likeness (QED) is 0.687. The van der Waals surface area contributed by atoms with E-state index in [1.807, 2.05) is 30.3 Å². The number of imide groups is 1. The number of fused-ring (bicyclic) bond motifs is 1. The zero-order valence-electron chi connectivity index (χ0n) is 15.5. The van der Waals surface area contributed by atoms with Crippen molar-refractivity contribution in [2.45, 2.75) is 19.0 Å². The van der Waals surface area contributed by atoms with Crippen LogP contribution in [0.25, 0.3) is 11.3 Å². The highest BCUT2D eigenvalue weighted by atomic mass is 16.7. The molecule has 2 aliphatic heterocycles. The largest absolute Gasteiger partial charge is 0.454 e. The van der Waals surface area contributed by atoms with Gasteiger partial charge in [-0.1, -0.05) is 36.4 Å². The Labute approximate surface area is 166 Å². The van der Waals surface area contributed by atoms with Crippen molar-refractivity contribution in [1.82, 2.24) is 15.2 Å². The summed E-state index contributed by atoms with van der Waals surface area (Å²) < 4.78 is 16.4. The summed E-state index contributed by atoms with van der Waals surface area (Å²) in [4.78, 5) is 31.0. The van der Waals surface area contributed by atoms with Crippen molar-refractivity contribution in [2.75, 3.05) is 6.79 Å². The Morgan fingerprint density at radius 2 is 1.90 bits per heavy atom. The van der Waals surface area contributed by atoms with Gasteiger partial charge in [-0.25, -0.2) is 9.78 Å². The molecule has 5 rings (SSSR count). The van der Waals surface area contributed by atoms with Gasteiger partial charge in [0.1, 0.15) is 12.1 Å². The third-order valence-corrected chi connectivity index (χ3v) is 5.13. The number of oxazole rings is 1. The Morgan fingerprint density at radius 3 is 2.72 bits per heavy atom. The van der Waals surface area contributed by atoms with Crippen LogP contribution in [0.4, 0.5) is 4.79 Å². The molecule has 0 radical (unpaired) electrons. The molecule has 0 saturated carbocycles. The predicted octanol–water partition coefficient (Wildman–Crippen LogP) is 3.04. The van der Waals surface area contributed by atoms with Crippen LogP contribution in [0.3, 0.4) is 0 Å². The van der Waals surface area contributed by atoms with E-state index in [2.05, 4.69) is 10.3 Å². The van der Waals surface area contributed by atoms with Gasteiger partial charge in [-0.3, -0.25) is 9.69 Å². The topological polar surface area (TPSA) is 93.9 Å². The van der Waals surface area contributed by atoms with Crippen molar-refractivity contribution < 1.29 is 23.5 Å². The van der Waals surface area contributed by atoms with Crippen LogP contribution in [0.5, 0.6) is 11.5 Å². The maximum Gasteiger partial charge on any atom is 0.325 e. The summed E-state index contributed by atoms with van der Waals surface area (Å²) >= 11 is 0. The van der Waals surface area contributed by atoms with E-state index < -0.39 is 11.6 Å². The minimum absolute atomic E-state index is 0.0579. The van der Waals surface area contributed by atoms with Gasteiger partial charge < -0.3 is 19.2 Å². The van der Waals surface area contributed by atoms with Crippen LogP contribution in [-0.2, 0) is 16.9 Å². The zero-order valence-corrected chi connectivity index (χ0v) is 15.5. The van der Waals surface area contributed by atoms with E-state index in [-0.39, 0.29) is 25.1 Å². The lowest BCUT2D eigenvalue weighted by atomic mass is 9.91. The van der Waals surface area contributed by atoms with E-state index in [0.717, 1.165) is 10.5 Å². The van der Waals surface area contributed by atoms with Gasteiger partial charge >= 0.3 is 6.03 Å². The third-order valence-electron chi connectivity index (χ3n) is 5.13. The second kappa shape index (κ2) is 6.37. The molecule has 3 amide bonds. The Bertz CT molecular complexity index is 1110. The van der Waals surface area contributed by atoms with Crippen LogP contribution in [-0.4, -0.2) is 28.6 Å². The summed E-state index contributed by atoms with van der Waals surface area (Å²) in [6, 6.07) is 14.2. The summed E-state index contributed by atoms with van der Waals surface area (Å²) in [7, 11) is 0. The fourth-order valence-corrected chi connectivity index (χ4v) is 3.50. The molecule has 2 aliphatic rings. The molecule has 0 aliphatic carbocycles. The molecule has 3 aromatic rings. The second-order valence-electron chi connectivity index (χ2n) is 7.00. The number of rotatable bonds is 4. The molecule has 0 bridgehead atoms. The number of amides is 3. The molecule has 8 nitrogen and oxygen atoms in total. The number of carbonyl (C=O) groups is 2. The smallest absolute Gasteiger partial charge is 0.325 e. The molecule has 146 valence electrons. The van der Waals surface area contributed by atoms with Gasteiger partial charge in [0.25, 0.3) is 5.91 Å². The summed E-state index contributed by atoms with van der Waals surface area (Å²) in [5, 5.41) is 2.77. The van der Waals surface area contributed by atoms with Gasteiger partial charge in [-0.2, -0.15) is 0 Å². The van der Waals surface area contributed by atoms with Crippen LogP contribution in [0, 0.1) is 0 Å². The summed E-state index contributed by atoms with van der Waals surface area (Å²) in [5.41, 5.74) is 0.265. The lowest BCUT2D eigenvalue weighted by Crippen LogP contribution is -2.40. The Balaban J connectivity index is 1.39. The molecule has 0 unspecified atom stereocenters. The minimum atomic E-state index is -1.22. The van der Waals surface area contributed by atoms with Gasteiger partial charge in [0, 0.05) is 5.56 Å². The van der Waals surface area contributed by atoms with Gasteiger partial charge in [0.15, 0.2) is 17.3 Å². The molecule has 1 aromatic heterocycles. The normalized spacial score (nSPS) is 20.2. The summed E-state index contributed by atoms with van der Waals surface area (Å²) in [5.74, 6) is 1.62. The average Bonchev–Trinajstić information content (AvgIpc) is 3.44. The summed E-state index contributed by atoms with van der Waals surface area (Å²) in [6.07, 6.45) is 1.58. The van der Waals surface area contributed by atoms with E-state index in [0.29, 0.717) is 22.8 Å². The number of nitrogens with one attached hydrogen (secondary N) is 1. The van der Waals surface area contributed by atoms with Crippen LogP contribution >= 0.6 is 0 Å². The number of ether oxygens (including phenoxy) is 2. The summed E-state index contributed by atoms with van der Waals surface area (Å²) in [6.45, 7) is 1.74. The van der Waals surface area contributed by atoms with Crippen LogP contribution in [0.15, 0.2) is 59.1 Å². The molecular weight excluding hydrogens is 374 g/mol. The molecule has 1 saturated heterocycles. The number of carbonyl (C=O) groups excluding carboxylic acids is 2. The van der Waals surface area contributed by atoms with E-state index in [1.165, 1.54) is 0 Å². The van der Waals surface area contributed by atoms with Crippen molar-refractivity contribution in [3.8, 4) is 22.8 Å². The third kappa shape index (κ3) is 2.80. The monoisotopic (exact) mass is 391 g/mol. The first-order chi connectivity index (χ1) is 14.0. The van der Waals surface area contributed by atoms with E-state index in [9.17, 15) is 9.59 Å². The Kier molecular flexibility index (Phi) is 3.80. The maximum absolute atomic E-state index is 13.1. The lowest BCUT2D eigenvalue weighted by Gasteiger charge is -2.22. The number of nitrogens with zero attached hydrogens (tertiary/aromatic N) is 2. The maximum atomic E-state index is 13.1. The van der Waals surface area contributed by atoms with Crippen LogP contribution in [0.2, 0.25) is 0 Å². The lowest BCUT2D eigenvalue weighted by molar-refractivity contribution is -0.131. The van der Waals surface area contributed by atoms with Crippen molar-refractivity contribution >= 4 is 11.9 Å². The van der Waals surface area contributed by atoms with Crippen molar-refractivity contribution in [3.05, 3.63) is 66.2 Å². The molecule has 2 aromatic carbocycles. The molecule has 29 heavy (non-hydrogen) atoms. The molecule has 8 heteroatoms. The van der Waals surface area contributed by atoms with Gasteiger partial charge in [-0.15, -0.1) is 0 Å². The number of hydrogen-bond acceptors (Lipinski definition) is 6. The molecule has 1 atom stereocenters. The van der Waals surface area contributed by atoms with Crippen molar-refractivity contribution in [3.63, 3.8) is 0 Å². The first-order valence-electron chi connectivity index (χ1n) is 9.09. The zero-order chi connectivity index (χ0) is 20.0. The number of urea groups is 1. The van der Waals surface area contributed by atoms with E-state index in [1.54, 1.807) is 31.3 Å². The highest BCUT2D eigenvalue weighted by Gasteiger charge is 2.49. The van der Waals surface area contributed by atoms with Crippen molar-refractivity contribution in [1.29, 1.82) is 0 Å². The average molecular weight is 391 g/mol. The van der Waals surface area contributed by atoms with E-state index in [4.69, 9.17) is 13.9 Å². The number of aromatic nitrogens is 1. The Hall–Kier alpha value is -3.81. The fraction of sp³-hybridized carbons (Fsp3) is 0.190. The highest BCUT2D eigenvalue weighted by Crippen LogP contribution is 2.38. The van der Waals surface area contributed by atoms with E-state index >= 15 is 0 Å². The van der Waals surface area contributed by atoms with Gasteiger partial charge in [0.05, 0.1) is 6.20 Å². The number of hydrogen-bond donors (Lipinski definition) is 1. The van der Waals surface area contributed by atoms with Gasteiger partial charge in [-0.05, 0) is 24.6 Å². The molecular formula is C21H17N3O5. The standard InChI is InChI=1S/C21H17N3O5/c1-21(14-7-8-15-16(9-14)28-12-27-15)19(25)24(20(26)23-21)11-18-22-10-17(29-18)13-5-3-2-4-6-13/h2-10H,11-12H2,1H3,(H,23,26)/t21-/m1/s1.